The first-order valence-corrected chi connectivity index (χ1v) is 9.67. The first kappa shape index (κ1) is 22.3. The standard InChI is InChI=1S/C21H29N3O5/c1-5-28-19(26)17(12-14-13-23-16-9-7-6-8-15(14)16)24-18(25)10-11-22-20(27)29-21(2,3)4/h6-9,13,17,23H,5,10-12H2,1-4H3,(H,22,27)(H,24,25). The summed E-state index contributed by atoms with van der Waals surface area (Å²) in [6, 6.07) is 6.92. The molecule has 158 valence electrons. The summed E-state index contributed by atoms with van der Waals surface area (Å²) in [5, 5.41) is 6.22. The van der Waals surface area contributed by atoms with Crippen molar-refractivity contribution in [1.29, 1.82) is 0 Å². The maximum Gasteiger partial charge on any atom is 0.407 e. The lowest BCUT2D eigenvalue weighted by molar-refractivity contribution is -0.147. The highest BCUT2D eigenvalue weighted by atomic mass is 16.6. The van der Waals surface area contributed by atoms with Crippen molar-refractivity contribution in [3.63, 3.8) is 0 Å². The number of alkyl carbamates (subject to hydrolysis) is 1. The van der Waals surface area contributed by atoms with Crippen molar-refractivity contribution < 1.29 is 23.9 Å². The molecule has 1 heterocycles. The number of amides is 2. The van der Waals surface area contributed by atoms with Crippen LogP contribution in [0.2, 0.25) is 0 Å². The molecule has 1 unspecified atom stereocenters. The van der Waals surface area contributed by atoms with Gasteiger partial charge >= 0.3 is 12.1 Å². The lowest BCUT2D eigenvalue weighted by atomic mass is 10.0. The predicted molar refractivity (Wildman–Crippen MR) is 109 cm³/mol. The van der Waals surface area contributed by atoms with Gasteiger partial charge in [0.25, 0.3) is 0 Å². The van der Waals surface area contributed by atoms with Crippen LogP contribution in [0.15, 0.2) is 30.5 Å². The average molecular weight is 403 g/mol. The van der Waals surface area contributed by atoms with Crippen molar-refractivity contribution in [3.8, 4) is 0 Å². The Morgan fingerprint density at radius 3 is 2.59 bits per heavy atom. The molecule has 29 heavy (non-hydrogen) atoms. The Kier molecular flexibility index (Phi) is 7.64. The third-order valence-electron chi connectivity index (χ3n) is 4.03. The maximum absolute atomic E-state index is 12.3. The van der Waals surface area contributed by atoms with Gasteiger partial charge in [0, 0.05) is 36.5 Å². The van der Waals surface area contributed by atoms with Gasteiger partial charge in [-0.1, -0.05) is 18.2 Å². The van der Waals surface area contributed by atoms with Gasteiger partial charge in [-0.2, -0.15) is 0 Å². The number of rotatable bonds is 8. The number of para-hydroxylation sites is 1. The second-order valence-corrected chi connectivity index (χ2v) is 7.61. The molecular formula is C21H29N3O5. The molecule has 0 spiro atoms. The summed E-state index contributed by atoms with van der Waals surface area (Å²) in [6.45, 7) is 7.31. The van der Waals surface area contributed by atoms with Crippen LogP contribution in [0.5, 0.6) is 0 Å². The number of nitrogens with one attached hydrogen (secondary N) is 3. The van der Waals surface area contributed by atoms with Crippen molar-refractivity contribution in [1.82, 2.24) is 15.6 Å². The number of hydrogen-bond donors (Lipinski definition) is 3. The molecule has 0 saturated heterocycles. The molecule has 0 aliphatic rings. The van der Waals surface area contributed by atoms with E-state index < -0.39 is 23.7 Å². The number of carbonyl (C=O) groups excluding carboxylic acids is 3. The molecule has 0 aliphatic heterocycles. The molecule has 2 amide bonds. The molecule has 0 radical (unpaired) electrons. The SMILES string of the molecule is CCOC(=O)C(Cc1c[nH]c2ccccc12)NC(=O)CCNC(=O)OC(C)(C)C. The van der Waals surface area contributed by atoms with E-state index in [9.17, 15) is 14.4 Å². The number of aromatic amines is 1. The Morgan fingerprint density at radius 1 is 1.17 bits per heavy atom. The Hall–Kier alpha value is -3.03. The van der Waals surface area contributed by atoms with Crippen molar-refractivity contribution >= 4 is 28.9 Å². The Balaban J connectivity index is 1.95. The van der Waals surface area contributed by atoms with Gasteiger partial charge in [0.1, 0.15) is 11.6 Å². The number of hydrogen-bond acceptors (Lipinski definition) is 5. The Bertz CT molecular complexity index is 853. The van der Waals surface area contributed by atoms with Crippen LogP contribution in [0.3, 0.4) is 0 Å². The topological polar surface area (TPSA) is 110 Å². The van der Waals surface area contributed by atoms with E-state index >= 15 is 0 Å². The minimum atomic E-state index is -0.816. The van der Waals surface area contributed by atoms with Gasteiger partial charge in [0.15, 0.2) is 0 Å². The van der Waals surface area contributed by atoms with Gasteiger partial charge < -0.3 is 25.1 Å². The van der Waals surface area contributed by atoms with Gasteiger partial charge in [0.05, 0.1) is 6.61 Å². The second-order valence-electron chi connectivity index (χ2n) is 7.61. The fourth-order valence-electron chi connectivity index (χ4n) is 2.82. The molecule has 2 aromatic rings. The summed E-state index contributed by atoms with van der Waals surface area (Å²) in [5.41, 5.74) is 1.25. The van der Waals surface area contributed by atoms with E-state index in [0.717, 1.165) is 16.5 Å². The Labute approximate surface area is 170 Å². The molecule has 0 bridgehead atoms. The fourth-order valence-corrected chi connectivity index (χ4v) is 2.82. The molecule has 1 aromatic heterocycles. The number of carbonyl (C=O) groups is 3. The first-order valence-electron chi connectivity index (χ1n) is 9.67. The van der Waals surface area contributed by atoms with Gasteiger partial charge in [-0.25, -0.2) is 9.59 Å². The second kappa shape index (κ2) is 9.95. The zero-order valence-corrected chi connectivity index (χ0v) is 17.3. The highest BCUT2D eigenvalue weighted by Gasteiger charge is 2.24. The van der Waals surface area contributed by atoms with Crippen molar-refractivity contribution in [2.24, 2.45) is 0 Å². The van der Waals surface area contributed by atoms with E-state index in [1.165, 1.54) is 0 Å². The van der Waals surface area contributed by atoms with E-state index in [1.54, 1.807) is 27.7 Å². The maximum atomic E-state index is 12.3. The van der Waals surface area contributed by atoms with Crippen LogP contribution in [0, 0.1) is 0 Å². The highest BCUT2D eigenvalue weighted by molar-refractivity contribution is 5.87. The monoisotopic (exact) mass is 403 g/mol. The van der Waals surface area contributed by atoms with Gasteiger partial charge in [-0.15, -0.1) is 0 Å². The number of ether oxygens (including phenoxy) is 2. The van der Waals surface area contributed by atoms with Crippen molar-refractivity contribution in [2.75, 3.05) is 13.2 Å². The molecule has 8 nitrogen and oxygen atoms in total. The first-order chi connectivity index (χ1) is 13.7. The van der Waals surface area contributed by atoms with Crippen LogP contribution in [0.1, 0.15) is 39.7 Å². The van der Waals surface area contributed by atoms with Crippen LogP contribution in [0.25, 0.3) is 10.9 Å². The van der Waals surface area contributed by atoms with Crippen LogP contribution in [0.4, 0.5) is 4.79 Å². The molecule has 0 saturated carbocycles. The smallest absolute Gasteiger partial charge is 0.407 e. The zero-order valence-electron chi connectivity index (χ0n) is 17.3. The molecule has 8 heteroatoms. The zero-order chi connectivity index (χ0) is 21.4. The minimum absolute atomic E-state index is 0.0169. The van der Waals surface area contributed by atoms with Crippen molar-refractivity contribution in [3.05, 3.63) is 36.0 Å². The fraction of sp³-hybridized carbons (Fsp3) is 0.476. The van der Waals surface area contributed by atoms with E-state index in [4.69, 9.17) is 9.47 Å². The summed E-state index contributed by atoms with van der Waals surface area (Å²) < 4.78 is 10.2. The number of benzene rings is 1. The lowest BCUT2D eigenvalue weighted by Gasteiger charge is -2.20. The van der Waals surface area contributed by atoms with E-state index in [2.05, 4.69) is 15.6 Å². The van der Waals surface area contributed by atoms with E-state index in [0.29, 0.717) is 6.42 Å². The predicted octanol–water partition coefficient (Wildman–Crippen LogP) is 2.67. The van der Waals surface area contributed by atoms with E-state index in [-0.39, 0.29) is 25.5 Å². The Morgan fingerprint density at radius 2 is 1.90 bits per heavy atom. The number of esters is 1. The molecule has 0 fully saturated rings. The third kappa shape index (κ3) is 7.14. The lowest BCUT2D eigenvalue weighted by Crippen LogP contribution is -2.44. The van der Waals surface area contributed by atoms with Gasteiger partial charge in [-0.3, -0.25) is 4.79 Å². The molecular weight excluding hydrogens is 374 g/mol. The minimum Gasteiger partial charge on any atom is -0.464 e. The molecule has 1 aromatic carbocycles. The molecule has 3 N–H and O–H groups in total. The average Bonchev–Trinajstić information content (AvgIpc) is 3.03. The molecule has 0 aliphatic carbocycles. The quantitative estimate of drug-likeness (QED) is 0.587. The van der Waals surface area contributed by atoms with Crippen LogP contribution in [-0.2, 0) is 25.5 Å². The number of fused-ring (bicyclic) bond motifs is 1. The number of H-pyrrole nitrogens is 1. The van der Waals surface area contributed by atoms with Gasteiger partial charge in [-0.05, 0) is 39.3 Å². The highest BCUT2D eigenvalue weighted by Crippen LogP contribution is 2.19. The summed E-state index contributed by atoms with van der Waals surface area (Å²) >= 11 is 0. The van der Waals surface area contributed by atoms with Crippen molar-refractivity contribution in [2.45, 2.75) is 52.2 Å². The summed E-state index contributed by atoms with van der Waals surface area (Å²) in [7, 11) is 0. The van der Waals surface area contributed by atoms with Gasteiger partial charge in [0.2, 0.25) is 5.91 Å². The summed E-state index contributed by atoms with van der Waals surface area (Å²) in [5.74, 6) is -0.856. The molecule has 1 atom stereocenters. The van der Waals surface area contributed by atoms with Crippen LogP contribution >= 0.6 is 0 Å². The van der Waals surface area contributed by atoms with E-state index in [1.807, 2.05) is 30.5 Å². The summed E-state index contributed by atoms with van der Waals surface area (Å²) in [6.07, 6.45) is 1.55. The summed E-state index contributed by atoms with van der Waals surface area (Å²) in [4.78, 5) is 39.5. The molecule has 2 rings (SSSR count). The normalized spacial score (nSPS) is 12.3. The third-order valence-corrected chi connectivity index (χ3v) is 4.03. The van der Waals surface area contributed by atoms with Crippen LogP contribution < -0.4 is 10.6 Å². The largest absolute Gasteiger partial charge is 0.464 e. The van der Waals surface area contributed by atoms with Crippen LogP contribution in [-0.4, -0.2) is 47.7 Å². The number of aromatic nitrogens is 1.